The number of carbonyl (C=O) groups is 3. The number of nitrogens with zero attached hydrogens (tertiary/aromatic N) is 1. The molecular formula is C18H26N2O5. The Hall–Kier alpha value is -2.57. The van der Waals surface area contributed by atoms with E-state index in [1.807, 2.05) is 25.1 Å². The molecule has 1 aromatic carbocycles. The average molecular weight is 350 g/mol. The summed E-state index contributed by atoms with van der Waals surface area (Å²) in [6, 6.07) is 6.71. The number of amides is 2. The number of para-hydroxylation sites is 1. The number of carboxylic acids is 1. The Morgan fingerprint density at radius 2 is 1.92 bits per heavy atom. The molecule has 0 aliphatic carbocycles. The SMILES string of the molecule is CCOc1ccccc1C(CC(=O)N(CC)CCC(=O)O)NC(C)=O. The van der Waals surface area contributed by atoms with Crippen molar-refractivity contribution in [1.29, 1.82) is 0 Å². The van der Waals surface area contributed by atoms with Gasteiger partial charge in [0.25, 0.3) is 0 Å². The van der Waals surface area contributed by atoms with Gasteiger partial charge in [0.1, 0.15) is 5.75 Å². The Bertz CT molecular complexity index is 603. The number of nitrogens with one attached hydrogen (secondary N) is 1. The quantitative estimate of drug-likeness (QED) is 0.673. The number of hydrogen-bond donors (Lipinski definition) is 2. The molecule has 138 valence electrons. The van der Waals surface area contributed by atoms with Gasteiger partial charge in [-0.15, -0.1) is 0 Å². The standard InChI is InChI=1S/C18H26N2O5/c1-4-20(11-10-18(23)24)17(22)12-15(19-13(3)21)14-8-6-7-9-16(14)25-5-2/h6-9,15H,4-5,10-12H2,1-3H3,(H,19,21)(H,23,24). The van der Waals surface area contributed by atoms with Crippen molar-refractivity contribution in [2.24, 2.45) is 0 Å². The number of hydrogen-bond acceptors (Lipinski definition) is 4. The second kappa shape index (κ2) is 10.3. The highest BCUT2D eigenvalue weighted by molar-refractivity contribution is 5.80. The molecule has 25 heavy (non-hydrogen) atoms. The third-order valence-corrected chi connectivity index (χ3v) is 3.68. The lowest BCUT2D eigenvalue weighted by atomic mass is 10.0. The van der Waals surface area contributed by atoms with E-state index in [1.54, 1.807) is 13.0 Å². The summed E-state index contributed by atoms with van der Waals surface area (Å²) in [5.74, 6) is -0.803. The zero-order chi connectivity index (χ0) is 18.8. The van der Waals surface area contributed by atoms with E-state index in [-0.39, 0.29) is 31.2 Å². The lowest BCUT2D eigenvalue weighted by molar-refractivity contribution is -0.138. The highest BCUT2D eigenvalue weighted by Gasteiger charge is 2.23. The molecule has 0 heterocycles. The van der Waals surface area contributed by atoms with Crippen LogP contribution in [-0.4, -0.2) is 47.5 Å². The summed E-state index contributed by atoms with van der Waals surface area (Å²) < 4.78 is 5.59. The molecule has 0 radical (unpaired) electrons. The number of benzene rings is 1. The van der Waals surface area contributed by atoms with E-state index >= 15 is 0 Å². The van der Waals surface area contributed by atoms with Crippen LogP contribution in [0.15, 0.2) is 24.3 Å². The Labute approximate surface area is 148 Å². The van der Waals surface area contributed by atoms with E-state index in [2.05, 4.69) is 5.32 Å². The average Bonchev–Trinajstić information content (AvgIpc) is 2.55. The summed E-state index contributed by atoms with van der Waals surface area (Å²) >= 11 is 0. The monoisotopic (exact) mass is 350 g/mol. The first-order chi connectivity index (χ1) is 11.9. The fraction of sp³-hybridized carbons (Fsp3) is 0.500. The van der Waals surface area contributed by atoms with Crippen molar-refractivity contribution < 1.29 is 24.2 Å². The summed E-state index contributed by atoms with van der Waals surface area (Å²) in [4.78, 5) is 36.4. The number of rotatable bonds is 10. The molecule has 1 aromatic rings. The zero-order valence-electron chi connectivity index (χ0n) is 14.9. The maximum Gasteiger partial charge on any atom is 0.305 e. The molecule has 0 spiro atoms. The van der Waals surface area contributed by atoms with Crippen LogP contribution >= 0.6 is 0 Å². The lowest BCUT2D eigenvalue weighted by Gasteiger charge is -2.25. The summed E-state index contributed by atoms with van der Waals surface area (Å²) in [7, 11) is 0. The highest BCUT2D eigenvalue weighted by Crippen LogP contribution is 2.28. The first-order valence-electron chi connectivity index (χ1n) is 8.37. The van der Waals surface area contributed by atoms with Crippen LogP contribution in [-0.2, 0) is 14.4 Å². The molecule has 1 unspecified atom stereocenters. The minimum Gasteiger partial charge on any atom is -0.494 e. The van der Waals surface area contributed by atoms with Gasteiger partial charge in [-0.25, -0.2) is 0 Å². The van der Waals surface area contributed by atoms with E-state index in [0.717, 1.165) is 5.56 Å². The largest absolute Gasteiger partial charge is 0.494 e. The van der Waals surface area contributed by atoms with Crippen LogP contribution in [0.2, 0.25) is 0 Å². The van der Waals surface area contributed by atoms with Crippen molar-refractivity contribution >= 4 is 17.8 Å². The van der Waals surface area contributed by atoms with Gasteiger partial charge in [0.15, 0.2) is 0 Å². The predicted octanol–water partition coefficient (Wildman–Crippen LogP) is 1.98. The maximum atomic E-state index is 12.6. The molecule has 0 aliphatic rings. The van der Waals surface area contributed by atoms with Crippen molar-refractivity contribution in [3.05, 3.63) is 29.8 Å². The van der Waals surface area contributed by atoms with Crippen molar-refractivity contribution in [3.8, 4) is 5.75 Å². The molecular weight excluding hydrogens is 324 g/mol. The van der Waals surface area contributed by atoms with Gasteiger partial charge in [-0.2, -0.15) is 0 Å². The van der Waals surface area contributed by atoms with Crippen LogP contribution in [0, 0.1) is 0 Å². The summed E-state index contributed by atoms with van der Waals surface area (Å²) in [5, 5.41) is 11.6. The van der Waals surface area contributed by atoms with Crippen LogP contribution in [0.5, 0.6) is 5.75 Å². The minimum absolute atomic E-state index is 0.0388. The third kappa shape index (κ3) is 6.82. The van der Waals surface area contributed by atoms with Crippen LogP contribution in [0.3, 0.4) is 0 Å². The Balaban J connectivity index is 2.97. The molecule has 7 heteroatoms. The molecule has 2 N–H and O–H groups in total. The summed E-state index contributed by atoms with van der Waals surface area (Å²) in [5.41, 5.74) is 0.724. The number of ether oxygens (including phenoxy) is 1. The van der Waals surface area contributed by atoms with Gasteiger partial charge in [-0.05, 0) is 19.9 Å². The van der Waals surface area contributed by atoms with Crippen molar-refractivity contribution in [3.63, 3.8) is 0 Å². The molecule has 0 aliphatic heterocycles. The van der Waals surface area contributed by atoms with E-state index in [9.17, 15) is 14.4 Å². The van der Waals surface area contributed by atoms with Gasteiger partial charge in [-0.3, -0.25) is 14.4 Å². The van der Waals surface area contributed by atoms with E-state index < -0.39 is 12.0 Å². The summed E-state index contributed by atoms with van der Waals surface area (Å²) in [6.45, 7) is 6.07. The molecule has 1 rings (SSSR count). The van der Waals surface area contributed by atoms with Gasteiger partial charge < -0.3 is 20.1 Å². The van der Waals surface area contributed by atoms with E-state index in [4.69, 9.17) is 9.84 Å². The number of carbonyl (C=O) groups excluding carboxylic acids is 2. The maximum absolute atomic E-state index is 12.6. The van der Waals surface area contributed by atoms with Gasteiger partial charge in [0, 0.05) is 25.6 Å². The topological polar surface area (TPSA) is 95.9 Å². The molecule has 7 nitrogen and oxygen atoms in total. The smallest absolute Gasteiger partial charge is 0.305 e. The van der Waals surface area contributed by atoms with Crippen molar-refractivity contribution in [2.45, 2.75) is 39.7 Å². The van der Waals surface area contributed by atoms with E-state index in [0.29, 0.717) is 18.9 Å². The fourth-order valence-corrected chi connectivity index (χ4v) is 2.53. The van der Waals surface area contributed by atoms with Gasteiger partial charge in [0.2, 0.25) is 11.8 Å². The number of carboxylic acid groups (broad SMARTS) is 1. The molecule has 0 saturated heterocycles. The Kier molecular flexibility index (Phi) is 8.46. The second-order valence-electron chi connectivity index (χ2n) is 5.55. The zero-order valence-corrected chi connectivity index (χ0v) is 14.9. The van der Waals surface area contributed by atoms with Crippen LogP contribution in [0.4, 0.5) is 0 Å². The van der Waals surface area contributed by atoms with Crippen molar-refractivity contribution in [1.82, 2.24) is 10.2 Å². The van der Waals surface area contributed by atoms with Gasteiger partial charge >= 0.3 is 5.97 Å². The van der Waals surface area contributed by atoms with Gasteiger partial charge in [-0.1, -0.05) is 18.2 Å². The Morgan fingerprint density at radius 3 is 2.48 bits per heavy atom. The molecule has 1 atom stereocenters. The van der Waals surface area contributed by atoms with Crippen LogP contribution in [0.25, 0.3) is 0 Å². The normalized spacial score (nSPS) is 11.5. The van der Waals surface area contributed by atoms with E-state index in [1.165, 1.54) is 11.8 Å². The molecule has 0 fully saturated rings. The molecule has 0 aromatic heterocycles. The van der Waals surface area contributed by atoms with Crippen LogP contribution in [0.1, 0.15) is 45.2 Å². The molecule has 2 amide bonds. The summed E-state index contributed by atoms with van der Waals surface area (Å²) in [6.07, 6.45) is -0.0724. The minimum atomic E-state index is -0.952. The first-order valence-corrected chi connectivity index (χ1v) is 8.37. The first kappa shape index (κ1) is 20.5. The third-order valence-electron chi connectivity index (χ3n) is 3.68. The second-order valence-corrected chi connectivity index (χ2v) is 5.55. The lowest BCUT2D eigenvalue weighted by Crippen LogP contribution is -2.37. The van der Waals surface area contributed by atoms with Crippen LogP contribution < -0.4 is 10.1 Å². The fourth-order valence-electron chi connectivity index (χ4n) is 2.53. The van der Waals surface area contributed by atoms with Crippen molar-refractivity contribution in [2.75, 3.05) is 19.7 Å². The predicted molar refractivity (Wildman–Crippen MR) is 93.3 cm³/mol. The molecule has 0 saturated carbocycles. The van der Waals surface area contributed by atoms with Gasteiger partial charge in [0.05, 0.1) is 25.5 Å². The highest BCUT2D eigenvalue weighted by atomic mass is 16.5. The Morgan fingerprint density at radius 1 is 1.24 bits per heavy atom. The molecule has 0 bridgehead atoms. The number of aliphatic carboxylic acids is 1.